The van der Waals surface area contributed by atoms with Crippen molar-refractivity contribution in [2.75, 3.05) is 6.54 Å². The number of hydrogen-bond donors (Lipinski definition) is 2. The Balaban J connectivity index is 1.85. The summed E-state index contributed by atoms with van der Waals surface area (Å²) in [5.74, 6) is -1.34. The Bertz CT molecular complexity index is 651. The van der Waals surface area contributed by atoms with Crippen molar-refractivity contribution in [2.45, 2.75) is 19.5 Å². The standard InChI is InChI=1S/C12H14ClN5O3/c1-8(18-6-9(4-16-18)12(20)21)11(19)14-2-3-17-7-10(13)5-15-17/h4-8H,2-3H2,1H3,(H,14,19)(H,20,21). The number of rotatable bonds is 6. The van der Waals surface area contributed by atoms with Gasteiger partial charge in [-0.2, -0.15) is 10.2 Å². The molecule has 0 aliphatic heterocycles. The normalized spacial score (nSPS) is 12.1. The number of carboxylic acids is 1. The Kier molecular flexibility index (Phi) is 4.59. The lowest BCUT2D eigenvalue weighted by Gasteiger charge is -2.12. The molecule has 0 aliphatic rings. The van der Waals surface area contributed by atoms with Crippen molar-refractivity contribution in [3.05, 3.63) is 35.4 Å². The van der Waals surface area contributed by atoms with Crippen LogP contribution in [-0.4, -0.2) is 43.1 Å². The molecule has 9 heteroatoms. The minimum atomic E-state index is -1.08. The number of nitrogens with one attached hydrogen (secondary N) is 1. The minimum absolute atomic E-state index is 0.0424. The van der Waals surface area contributed by atoms with Gasteiger partial charge in [-0.05, 0) is 6.92 Å². The summed E-state index contributed by atoms with van der Waals surface area (Å²) >= 11 is 5.73. The van der Waals surface area contributed by atoms with E-state index in [0.29, 0.717) is 18.1 Å². The van der Waals surface area contributed by atoms with Crippen molar-refractivity contribution in [1.82, 2.24) is 24.9 Å². The van der Waals surface area contributed by atoms with Gasteiger partial charge in [0.1, 0.15) is 6.04 Å². The SMILES string of the molecule is CC(C(=O)NCCn1cc(Cl)cn1)n1cc(C(=O)O)cn1. The number of carbonyl (C=O) groups excluding carboxylic acids is 1. The summed E-state index contributed by atoms with van der Waals surface area (Å²) in [6.45, 7) is 2.51. The second-order valence-electron chi connectivity index (χ2n) is 4.40. The summed E-state index contributed by atoms with van der Waals surface area (Å²) in [7, 11) is 0. The highest BCUT2D eigenvalue weighted by molar-refractivity contribution is 6.30. The molecule has 0 saturated heterocycles. The molecule has 8 nitrogen and oxygen atoms in total. The molecule has 21 heavy (non-hydrogen) atoms. The average Bonchev–Trinajstić information content (AvgIpc) is 3.07. The Morgan fingerprint density at radius 2 is 2.14 bits per heavy atom. The highest BCUT2D eigenvalue weighted by atomic mass is 35.5. The topological polar surface area (TPSA) is 102 Å². The molecule has 2 rings (SSSR count). The summed E-state index contributed by atoms with van der Waals surface area (Å²) in [6, 6.07) is -0.598. The fourth-order valence-electron chi connectivity index (χ4n) is 1.68. The van der Waals surface area contributed by atoms with E-state index in [0.717, 1.165) is 0 Å². The van der Waals surface area contributed by atoms with Crippen LogP contribution in [0.25, 0.3) is 0 Å². The Hall–Kier alpha value is -2.35. The monoisotopic (exact) mass is 311 g/mol. The largest absolute Gasteiger partial charge is 0.478 e. The summed E-state index contributed by atoms with van der Waals surface area (Å²) in [4.78, 5) is 22.7. The molecule has 0 fully saturated rings. The average molecular weight is 312 g/mol. The second-order valence-corrected chi connectivity index (χ2v) is 4.84. The van der Waals surface area contributed by atoms with Crippen LogP contribution in [0.3, 0.4) is 0 Å². The van der Waals surface area contributed by atoms with Gasteiger partial charge in [-0.1, -0.05) is 11.6 Å². The zero-order chi connectivity index (χ0) is 15.4. The summed E-state index contributed by atoms with van der Waals surface area (Å²) < 4.78 is 2.92. The predicted octanol–water partition coefficient (Wildman–Crippen LogP) is 0.809. The van der Waals surface area contributed by atoms with Gasteiger partial charge in [-0.3, -0.25) is 14.2 Å². The summed E-state index contributed by atoms with van der Waals surface area (Å²) in [5, 5.41) is 19.9. The highest BCUT2D eigenvalue weighted by Gasteiger charge is 2.17. The molecule has 1 unspecified atom stereocenters. The maximum atomic E-state index is 11.9. The van der Waals surface area contributed by atoms with Gasteiger partial charge in [-0.15, -0.1) is 0 Å². The van der Waals surface area contributed by atoms with Crippen LogP contribution < -0.4 is 5.32 Å². The first-order valence-corrected chi connectivity index (χ1v) is 6.58. The van der Waals surface area contributed by atoms with Crippen LogP contribution in [0.4, 0.5) is 0 Å². The molecule has 2 N–H and O–H groups in total. The van der Waals surface area contributed by atoms with E-state index in [4.69, 9.17) is 16.7 Å². The molecule has 112 valence electrons. The van der Waals surface area contributed by atoms with E-state index in [1.807, 2.05) is 0 Å². The molecule has 2 aromatic rings. The first kappa shape index (κ1) is 15.0. The molecule has 0 bridgehead atoms. The molecule has 1 amide bonds. The number of carboxylic acid groups (broad SMARTS) is 1. The molecule has 0 saturated carbocycles. The van der Waals surface area contributed by atoms with Crippen molar-refractivity contribution < 1.29 is 14.7 Å². The zero-order valence-electron chi connectivity index (χ0n) is 11.2. The third-order valence-corrected chi connectivity index (χ3v) is 3.06. The second kappa shape index (κ2) is 6.40. The number of carbonyl (C=O) groups is 2. The molecular formula is C12H14ClN5O3. The van der Waals surface area contributed by atoms with Crippen molar-refractivity contribution in [2.24, 2.45) is 0 Å². The van der Waals surface area contributed by atoms with Gasteiger partial charge in [-0.25, -0.2) is 4.79 Å². The number of amides is 1. The Morgan fingerprint density at radius 3 is 2.71 bits per heavy atom. The smallest absolute Gasteiger partial charge is 0.338 e. The van der Waals surface area contributed by atoms with Crippen molar-refractivity contribution >= 4 is 23.5 Å². The quantitative estimate of drug-likeness (QED) is 0.822. The van der Waals surface area contributed by atoms with E-state index >= 15 is 0 Å². The number of halogens is 1. The maximum Gasteiger partial charge on any atom is 0.338 e. The summed E-state index contributed by atoms with van der Waals surface area (Å²) in [6.07, 6.45) is 5.70. The molecular weight excluding hydrogens is 298 g/mol. The van der Waals surface area contributed by atoms with E-state index in [-0.39, 0.29) is 11.5 Å². The van der Waals surface area contributed by atoms with Crippen molar-refractivity contribution in [3.63, 3.8) is 0 Å². The van der Waals surface area contributed by atoms with Gasteiger partial charge in [0.2, 0.25) is 5.91 Å². The zero-order valence-corrected chi connectivity index (χ0v) is 12.0. The van der Waals surface area contributed by atoms with E-state index < -0.39 is 12.0 Å². The van der Waals surface area contributed by atoms with Crippen LogP contribution in [0.5, 0.6) is 0 Å². The molecule has 0 spiro atoms. The van der Waals surface area contributed by atoms with E-state index in [2.05, 4.69) is 15.5 Å². The van der Waals surface area contributed by atoms with Gasteiger partial charge < -0.3 is 10.4 Å². The third kappa shape index (κ3) is 3.82. The molecule has 0 radical (unpaired) electrons. The number of nitrogens with zero attached hydrogens (tertiary/aromatic N) is 4. The molecule has 0 aromatic carbocycles. The Morgan fingerprint density at radius 1 is 1.38 bits per heavy atom. The van der Waals surface area contributed by atoms with Crippen LogP contribution in [-0.2, 0) is 11.3 Å². The van der Waals surface area contributed by atoms with Gasteiger partial charge >= 0.3 is 5.97 Å². The maximum absolute atomic E-state index is 11.9. The van der Waals surface area contributed by atoms with Crippen LogP contribution in [0.2, 0.25) is 5.02 Å². The van der Waals surface area contributed by atoms with E-state index in [9.17, 15) is 9.59 Å². The minimum Gasteiger partial charge on any atom is -0.478 e. The van der Waals surface area contributed by atoms with Gasteiger partial charge in [0, 0.05) is 18.9 Å². The Labute approximate surface area is 125 Å². The van der Waals surface area contributed by atoms with Gasteiger partial charge in [0.15, 0.2) is 0 Å². The fraction of sp³-hybridized carbons (Fsp3) is 0.333. The van der Waals surface area contributed by atoms with Crippen LogP contribution >= 0.6 is 11.6 Å². The third-order valence-electron chi connectivity index (χ3n) is 2.87. The molecule has 2 aromatic heterocycles. The van der Waals surface area contributed by atoms with Crippen LogP contribution in [0.1, 0.15) is 23.3 Å². The first-order chi connectivity index (χ1) is 9.97. The van der Waals surface area contributed by atoms with E-state index in [1.165, 1.54) is 23.3 Å². The van der Waals surface area contributed by atoms with Crippen LogP contribution in [0.15, 0.2) is 24.8 Å². The van der Waals surface area contributed by atoms with Crippen LogP contribution in [0, 0.1) is 0 Å². The fourth-order valence-corrected chi connectivity index (χ4v) is 1.84. The number of hydrogen-bond acceptors (Lipinski definition) is 4. The number of aromatic nitrogens is 4. The predicted molar refractivity (Wildman–Crippen MR) is 74.1 cm³/mol. The highest BCUT2D eigenvalue weighted by Crippen LogP contribution is 2.07. The first-order valence-electron chi connectivity index (χ1n) is 6.20. The lowest BCUT2D eigenvalue weighted by Crippen LogP contribution is -2.33. The van der Waals surface area contributed by atoms with Gasteiger partial charge in [0.25, 0.3) is 0 Å². The molecule has 2 heterocycles. The number of aromatic carboxylic acids is 1. The van der Waals surface area contributed by atoms with Crippen molar-refractivity contribution in [1.29, 1.82) is 0 Å². The lowest BCUT2D eigenvalue weighted by molar-refractivity contribution is -0.124. The summed E-state index contributed by atoms with van der Waals surface area (Å²) in [5.41, 5.74) is 0.0424. The lowest BCUT2D eigenvalue weighted by atomic mass is 10.3. The van der Waals surface area contributed by atoms with Gasteiger partial charge in [0.05, 0.1) is 29.5 Å². The molecule has 0 aliphatic carbocycles. The molecule has 1 atom stereocenters. The van der Waals surface area contributed by atoms with Crippen molar-refractivity contribution in [3.8, 4) is 0 Å². The van der Waals surface area contributed by atoms with E-state index in [1.54, 1.807) is 17.8 Å².